The molecule has 2 unspecified atom stereocenters. The maximum atomic E-state index is 15.2. The van der Waals surface area contributed by atoms with Crippen LogP contribution in [0.3, 0.4) is 0 Å². The molecule has 10 heteroatoms. The molecular formula is C22H31FN6O3. The fraction of sp³-hybridized carbons (Fsp3) is 0.591. The van der Waals surface area contributed by atoms with Crippen molar-refractivity contribution in [2.45, 2.75) is 44.7 Å². The highest BCUT2D eigenvalue weighted by atomic mass is 19.1. The second kappa shape index (κ2) is 9.32. The zero-order valence-electron chi connectivity index (χ0n) is 18.9. The Balaban J connectivity index is 1.59. The van der Waals surface area contributed by atoms with Gasteiger partial charge in [0.2, 0.25) is 11.9 Å². The van der Waals surface area contributed by atoms with Gasteiger partial charge in [-0.3, -0.25) is 4.79 Å². The molecule has 0 spiro atoms. The summed E-state index contributed by atoms with van der Waals surface area (Å²) in [5.41, 5.74) is 6.28. The van der Waals surface area contributed by atoms with Gasteiger partial charge in [0.25, 0.3) is 0 Å². The van der Waals surface area contributed by atoms with Gasteiger partial charge in [0.15, 0.2) is 17.3 Å². The van der Waals surface area contributed by atoms with Crippen LogP contribution in [0.5, 0.6) is 11.5 Å². The van der Waals surface area contributed by atoms with Crippen LogP contribution in [0.1, 0.15) is 32.6 Å². The van der Waals surface area contributed by atoms with Crippen LogP contribution in [-0.2, 0) is 4.79 Å². The van der Waals surface area contributed by atoms with Crippen LogP contribution in [0.15, 0.2) is 6.07 Å². The number of hydrogen-bond acceptors (Lipinski definition) is 8. The Morgan fingerprint density at radius 3 is 2.78 bits per heavy atom. The van der Waals surface area contributed by atoms with E-state index in [9.17, 15) is 4.79 Å². The second-order valence-corrected chi connectivity index (χ2v) is 8.32. The number of amides is 1. The third kappa shape index (κ3) is 4.11. The first-order valence-electron chi connectivity index (χ1n) is 11.1. The predicted molar refractivity (Wildman–Crippen MR) is 121 cm³/mol. The summed E-state index contributed by atoms with van der Waals surface area (Å²) in [4.78, 5) is 25.7. The summed E-state index contributed by atoms with van der Waals surface area (Å²) in [6.07, 6.45) is 3.49. The molecule has 3 heterocycles. The molecule has 0 radical (unpaired) electrons. The maximum absolute atomic E-state index is 15.2. The Bertz CT molecular complexity index is 998. The van der Waals surface area contributed by atoms with Crippen LogP contribution in [0.25, 0.3) is 10.9 Å². The molecule has 1 amide bonds. The number of methoxy groups -OCH3 is 2. The Hall–Kier alpha value is -2.88. The minimum Gasteiger partial charge on any atom is -0.493 e. The maximum Gasteiger partial charge on any atom is 0.228 e. The molecule has 2 aliphatic heterocycles. The Kier molecular flexibility index (Phi) is 6.50. The lowest BCUT2D eigenvalue weighted by molar-refractivity contribution is -0.132. The summed E-state index contributed by atoms with van der Waals surface area (Å²) in [7, 11) is 2.81. The number of halogens is 1. The third-order valence-corrected chi connectivity index (χ3v) is 6.44. The molecule has 2 aliphatic rings. The van der Waals surface area contributed by atoms with Gasteiger partial charge >= 0.3 is 0 Å². The lowest BCUT2D eigenvalue weighted by Crippen LogP contribution is -2.55. The van der Waals surface area contributed by atoms with E-state index in [2.05, 4.69) is 22.2 Å². The first-order valence-corrected chi connectivity index (χ1v) is 11.1. The predicted octanol–water partition coefficient (Wildman–Crippen LogP) is 1.94. The minimum absolute atomic E-state index is 0.0179. The fourth-order valence-electron chi connectivity index (χ4n) is 4.63. The second-order valence-electron chi connectivity index (χ2n) is 8.32. The molecule has 1 aromatic carbocycles. The molecule has 0 aliphatic carbocycles. The highest BCUT2D eigenvalue weighted by Crippen LogP contribution is 2.38. The lowest BCUT2D eigenvalue weighted by Gasteiger charge is -2.41. The number of nitrogen functional groups attached to an aromatic ring is 1. The first-order chi connectivity index (χ1) is 15.5. The molecule has 0 bridgehead atoms. The number of carbonyl (C=O) groups is 1. The van der Waals surface area contributed by atoms with E-state index < -0.39 is 5.82 Å². The van der Waals surface area contributed by atoms with Crippen molar-refractivity contribution < 1.29 is 18.7 Å². The van der Waals surface area contributed by atoms with Crippen molar-refractivity contribution in [3.8, 4) is 11.5 Å². The van der Waals surface area contributed by atoms with Gasteiger partial charge in [-0.25, -0.2) is 9.37 Å². The van der Waals surface area contributed by atoms with Gasteiger partial charge in [-0.1, -0.05) is 6.92 Å². The van der Waals surface area contributed by atoms with E-state index in [1.54, 1.807) is 6.07 Å². The number of piperazine rings is 1. The van der Waals surface area contributed by atoms with E-state index in [1.807, 2.05) is 9.80 Å². The molecule has 2 saturated heterocycles. The van der Waals surface area contributed by atoms with Gasteiger partial charge in [0.1, 0.15) is 11.3 Å². The van der Waals surface area contributed by atoms with Crippen LogP contribution in [0.4, 0.5) is 16.2 Å². The monoisotopic (exact) mass is 446 g/mol. The topological polar surface area (TPSA) is 106 Å². The average molecular weight is 447 g/mol. The van der Waals surface area contributed by atoms with Gasteiger partial charge in [-0.15, -0.1) is 0 Å². The van der Waals surface area contributed by atoms with Crippen LogP contribution >= 0.6 is 0 Å². The number of benzene rings is 1. The van der Waals surface area contributed by atoms with Gasteiger partial charge in [-0.2, -0.15) is 4.98 Å². The van der Waals surface area contributed by atoms with E-state index >= 15 is 4.39 Å². The number of rotatable bonds is 6. The zero-order valence-corrected chi connectivity index (χ0v) is 18.9. The Morgan fingerprint density at radius 1 is 1.31 bits per heavy atom. The van der Waals surface area contributed by atoms with Crippen molar-refractivity contribution in [2.24, 2.45) is 0 Å². The fourth-order valence-corrected chi connectivity index (χ4v) is 4.63. The minimum atomic E-state index is -0.636. The van der Waals surface area contributed by atoms with Crippen LogP contribution < -0.4 is 25.4 Å². The number of aromatic nitrogens is 2. The number of nitrogens with two attached hydrogens (primary N) is 1. The molecular weight excluding hydrogens is 415 g/mol. The number of nitrogens with zero attached hydrogens (tertiary/aromatic N) is 4. The smallest absolute Gasteiger partial charge is 0.228 e. The van der Waals surface area contributed by atoms with Crippen molar-refractivity contribution in [3.63, 3.8) is 0 Å². The number of hydrogen-bond donors (Lipinski definition) is 2. The number of fused-ring (bicyclic) bond motifs is 1. The summed E-state index contributed by atoms with van der Waals surface area (Å²) in [5, 5.41) is 3.76. The SMILES string of the molecule is CCC1CN(C(=O)CC2CCCN2)CCN1c1nc(N)c2cc(OC)c(OC)c(F)c2n1. The van der Waals surface area contributed by atoms with Gasteiger partial charge in [0.05, 0.1) is 14.2 Å². The van der Waals surface area contributed by atoms with Crippen LogP contribution in [0.2, 0.25) is 0 Å². The summed E-state index contributed by atoms with van der Waals surface area (Å²) in [5.74, 6) is 0.276. The summed E-state index contributed by atoms with van der Waals surface area (Å²) in [6, 6.07) is 1.88. The van der Waals surface area contributed by atoms with Gasteiger partial charge in [0, 0.05) is 43.5 Å². The largest absolute Gasteiger partial charge is 0.493 e. The molecule has 3 N–H and O–H groups in total. The van der Waals surface area contributed by atoms with Crippen LogP contribution in [-0.4, -0.2) is 73.3 Å². The molecule has 1 aromatic heterocycles. The Morgan fingerprint density at radius 2 is 2.12 bits per heavy atom. The van der Waals surface area contributed by atoms with E-state index in [-0.39, 0.29) is 40.8 Å². The normalized spacial score (nSPS) is 21.2. The highest BCUT2D eigenvalue weighted by molar-refractivity contribution is 5.92. The van der Waals surface area contributed by atoms with Crippen molar-refractivity contribution in [1.29, 1.82) is 0 Å². The van der Waals surface area contributed by atoms with E-state index in [1.165, 1.54) is 14.2 Å². The zero-order chi connectivity index (χ0) is 22.8. The summed E-state index contributed by atoms with van der Waals surface area (Å²) >= 11 is 0. The number of nitrogens with one attached hydrogen (secondary N) is 1. The van der Waals surface area contributed by atoms with Crippen molar-refractivity contribution in [1.82, 2.24) is 20.2 Å². The molecule has 2 atom stereocenters. The van der Waals surface area contributed by atoms with E-state index in [0.717, 1.165) is 25.8 Å². The lowest BCUT2D eigenvalue weighted by atomic mass is 10.1. The molecule has 9 nitrogen and oxygen atoms in total. The van der Waals surface area contributed by atoms with Gasteiger partial charge < -0.3 is 30.3 Å². The van der Waals surface area contributed by atoms with Gasteiger partial charge in [-0.05, 0) is 31.9 Å². The third-order valence-electron chi connectivity index (χ3n) is 6.44. The number of carbonyl (C=O) groups excluding carboxylic acids is 1. The standard InChI is InChI=1S/C22H31FN6O3/c1-4-14-12-28(17(30)10-13-6-5-7-25-13)8-9-29(14)22-26-19-15(21(24)27-22)11-16(31-2)20(32-3)18(19)23/h11,13-14,25H,4-10,12H2,1-3H3,(H2,24,26,27). The molecule has 4 rings (SSSR count). The quantitative estimate of drug-likeness (QED) is 0.694. The number of ether oxygens (including phenoxy) is 2. The first kappa shape index (κ1) is 22.3. The van der Waals surface area contributed by atoms with Crippen molar-refractivity contribution >= 4 is 28.6 Å². The molecule has 174 valence electrons. The summed E-state index contributed by atoms with van der Waals surface area (Å²) in [6.45, 7) is 4.75. The highest BCUT2D eigenvalue weighted by Gasteiger charge is 2.32. The van der Waals surface area contributed by atoms with Crippen molar-refractivity contribution in [2.75, 3.05) is 51.0 Å². The molecule has 32 heavy (non-hydrogen) atoms. The Labute approximate surface area is 187 Å². The molecule has 0 saturated carbocycles. The van der Waals surface area contributed by atoms with Crippen molar-refractivity contribution in [3.05, 3.63) is 11.9 Å². The summed E-state index contributed by atoms with van der Waals surface area (Å²) < 4.78 is 25.5. The van der Waals surface area contributed by atoms with Crippen LogP contribution in [0, 0.1) is 5.82 Å². The average Bonchev–Trinajstić information content (AvgIpc) is 3.31. The van der Waals surface area contributed by atoms with E-state index in [4.69, 9.17) is 15.2 Å². The van der Waals surface area contributed by atoms with E-state index in [0.29, 0.717) is 37.4 Å². The molecule has 2 fully saturated rings. The molecule has 2 aromatic rings. The number of anilines is 2.